The van der Waals surface area contributed by atoms with Crippen LogP contribution >= 0.6 is 0 Å². The van der Waals surface area contributed by atoms with E-state index >= 15 is 0 Å². The van der Waals surface area contributed by atoms with Gasteiger partial charge in [0.15, 0.2) is 0 Å². The maximum absolute atomic E-state index is 9.25. The SMILES string of the molecule is Oc1ccc(C23CCCN2CC3)cc1. The lowest BCUT2D eigenvalue weighted by atomic mass is 9.78. The Morgan fingerprint density at radius 3 is 2.43 bits per heavy atom. The Labute approximate surface area is 84.2 Å². The van der Waals surface area contributed by atoms with Crippen molar-refractivity contribution in [3.05, 3.63) is 29.8 Å². The quantitative estimate of drug-likeness (QED) is 0.731. The Kier molecular flexibility index (Phi) is 1.62. The van der Waals surface area contributed by atoms with Crippen molar-refractivity contribution in [1.29, 1.82) is 0 Å². The highest BCUT2D eigenvalue weighted by atomic mass is 16.3. The Hall–Kier alpha value is -1.02. The summed E-state index contributed by atoms with van der Waals surface area (Å²) in [4.78, 5) is 2.57. The van der Waals surface area contributed by atoms with E-state index in [0.29, 0.717) is 11.3 Å². The fourth-order valence-electron chi connectivity index (χ4n) is 2.95. The average molecular weight is 189 g/mol. The van der Waals surface area contributed by atoms with Crippen molar-refractivity contribution in [2.24, 2.45) is 0 Å². The number of fused-ring (bicyclic) bond motifs is 1. The van der Waals surface area contributed by atoms with Gasteiger partial charge in [-0.1, -0.05) is 12.1 Å². The predicted octanol–water partition coefficient (Wildman–Crippen LogP) is 2.09. The molecular weight excluding hydrogens is 174 g/mol. The van der Waals surface area contributed by atoms with Crippen LogP contribution in [0.3, 0.4) is 0 Å². The molecule has 0 spiro atoms. The third-order valence-electron chi connectivity index (χ3n) is 3.82. The molecule has 14 heavy (non-hydrogen) atoms. The average Bonchev–Trinajstić information content (AvgIpc) is 2.45. The topological polar surface area (TPSA) is 23.5 Å². The molecule has 0 aromatic heterocycles. The summed E-state index contributed by atoms with van der Waals surface area (Å²) in [6.07, 6.45) is 3.90. The van der Waals surface area contributed by atoms with E-state index in [9.17, 15) is 5.11 Å². The number of phenols is 1. The zero-order valence-corrected chi connectivity index (χ0v) is 8.24. The predicted molar refractivity (Wildman–Crippen MR) is 55.2 cm³/mol. The summed E-state index contributed by atoms with van der Waals surface area (Å²) in [5.41, 5.74) is 1.73. The summed E-state index contributed by atoms with van der Waals surface area (Å²) < 4.78 is 0. The number of rotatable bonds is 1. The largest absolute Gasteiger partial charge is 0.508 e. The summed E-state index contributed by atoms with van der Waals surface area (Å²) in [5.74, 6) is 0.369. The zero-order valence-electron chi connectivity index (χ0n) is 8.24. The van der Waals surface area contributed by atoms with Gasteiger partial charge >= 0.3 is 0 Å². The van der Waals surface area contributed by atoms with E-state index in [1.54, 1.807) is 12.1 Å². The van der Waals surface area contributed by atoms with Crippen LogP contribution in [0.15, 0.2) is 24.3 Å². The van der Waals surface area contributed by atoms with Crippen LogP contribution in [0.1, 0.15) is 24.8 Å². The van der Waals surface area contributed by atoms with Crippen LogP contribution < -0.4 is 0 Å². The molecule has 2 fully saturated rings. The summed E-state index contributed by atoms with van der Waals surface area (Å²) in [6, 6.07) is 7.76. The maximum atomic E-state index is 9.25. The van der Waals surface area contributed by atoms with Crippen molar-refractivity contribution in [2.45, 2.75) is 24.8 Å². The third-order valence-corrected chi connectivity index (χ3v) is 3.82. The van der Waals surface area contributed by atoms with E-state index in [1.807, 2.05) is 0 Å². The van der Waals surface area contributed by atoms with Gasteiger partial charge in [0, 0.05) is 12.1 Å². The highest BCUT2D eigenvalue weighted by Crippen LogP contribution is 2.48. The van der Waals surface area contributed by atoms with Crippen molar-refractivity contribution in [2.75, 3.05) is 13.1 Å². The first kappa shape index (κ1) is 8.30. The van der Waals surface area contributed by atoms with Crippen molar-refractivity contribution in [3.63, 3.8) is 0 Å². The minimum atomic E-state index is 0.341. The fraction of sp³-hybridized carbons (Fsp3) is 0.500. The van der Waals surface area contributed by atoms with Crippen LogP contribution in [0.5, 0.6) is 5.75 Å². The van der Waals surface area contributed by atoms with Gasteiger partial charge in [-0.3, -0.25) is 4.90 Å². The van der Waals surface area contributed by atoms with E-state index < -0.39 is 0 Å². The molecule has 0 bridgehead atoms. The molecule has 74 valence electrons. The molecule has 0 amide bonds. The molecule has 1 atom stereocenters. The fourth-order valence-corrected chi connectivity index (χ4v) is 2.95. The Morgan fingerprint density at radius 2 is 1.86 bits per heavy atom. The Morgan fingerprint density at radius 1 is 1.07 bits per heavy atom. The molecule has 1 unspecified atom stereocenters. The highest BCUT2D eigenvalue weighted by molar-refractivity contribution is 5.33. The lowest BCUT2D eigenvalue weighted by Gasteiger charge is -2.48. The van der Waals surface area contributed by atoms with Crippen molar-refractivity contribution in [3.8, 4) is 5.75 Å². The van der Waals surface area contributed by atoms with Gasteiger partial charge in [-0.2, -0.15) is 0 Å². The molecule has 2 nitrogen and oxygen atoms in total. The zero-order chi connectivity index (χ0) is 9.60. The van der Waals surface area contributed by atoms with Gasteiger partial charge in [0.2, 0.25) is 0 Å². The molecule has 1 aromatic carbocycles. The van der Waals surface area contributed by atoms with E-state index in [0.717, 1.165) is 0 Å². The minimum Gasteiger partial charge on any atom is -0.508 e. The van der Waals surface area contributed by atoms with Crippen LogP contribution in [0.4, 0.5) is 0 Å². The summed E-state index contributed by atoms with van der Waals surface area (Å²) >= 11 is 0. The summed E-state index contributed by atoms with van der Waals surface area (Å²) in [7, 11) is 0. The van der Waals surface area contributed by atoms with Gasteiger partial charge in [0.05, 0.1) is 0 Å². The van der Waals surface area contributed by atoms with Crippen LogP contribution in [0.25, 0.3) is 0 Å². The maximum Gasteiger partial charge on any atom is 0.115 e. The van der Waals surface area contributed by atoms with E-state index in [4.69, 9.17) is 0 Å². The van der Waals surface area contributed by atoms with Gasteiger partial charge in [-0.15, -0.1) is 0 Å². The molecule has 0 saturated carbocycles. The van der Waals surface area contributed by atoms with Gasteiger partial charge < -0.3 is 5.11 Å². The summed E-state index contributed by atoms with van der Waals surface area (Å²) in [5, 5.41) is 9.25. The number of hydrogen-bond acceptors (Lipinski definition) is 2. The van der Waals surface area contributed by atoms with Crippen LogP contribution in [-0.4, -0.2) is 23.1 Å². The molecule has 2 aliphatic rings. The molecule has 1 aromatic rings. The number of benzene rings is 1. The first-order valence-electron chi connectivity index (χ1n) is 5.36. The van der Waals surface area contributed by atoms with Crippen molar-refractivity contribution >= 4 is 0 Å². The highest BCUT2D eigenvalue weighted by Gasteiger charge is 2.48. The van der Waals surface area contributed by atoms with E-state index in [-0.39, 0.29) is 0 Å². The molecule has 3 rings (SSSR count). The van der Waals surface area contributed by atoms with Gasteiger partial charge in [-0.05, 0) is 43.5 Å². The van der Waals surface area contributed by atoms with Gasteiger partial charge in [0.1, 0.15) is 5.75 Å². The molecular formula is C12H15NO. The molecule has 1 N–H and O–H groups in total. The molecule has 0 radical (unpaired) electrons. The first-order chi connectivity index (χ1) is 6.81. The van der Waals surface area contributed by atoms with Crippen LogP contribution in [0.2, 0.25) is 0 Å². The van der Waals surface area contributed by atoms with Gasteiger partial charge in [-0.25, -0.2) is 0 Å². The molecule has 2 saturated heterocycles. The monoisotopic (exact) mass is 189 g/mol. The summed E-state index contributed by atoms with van der Waals surface area (Å²) in [6.45, 7) is 2.50. The molecule has 2 aliphatic heterocycles. The lowest BCUT2D eigenvalue weighted by Crippen LogP contribution is -2.52. The smallest absolute Gasteiger partial charge is 0.115 e. The number of hydrogen-bond donors (Lipinski definition) is 1. The van der Waals surface area contributed by atoms with E-state index in [1.165, 1.54) is 37.9 Å². The second-order valence-electron chi connectivity index (χ2n) is 4.42. The third kappa shape index (κ3) is 0.947. The van der Waals surface area contributed by atoms with E-state index in [2.05, 4.69) is 17.0 Å². The first-order valence-corrected chi connectivity index (χ1v) is 5.36. The molecule has 0 aliphatic carbocycles. The van der Waals surface area contributed by atoms with Crippen molar-refractivity contribution < 1.29 is 5.11 Å². The molecule has 2 heterocycles. The normalized spacial score (nSPS) is 31.1. The van der Waals surface area contributed by atoms with Crippen LogP contribution in [0, 0.1) is 0 Å². The number of nitrogens with zero attached hydrogens (tertiary/aromatic N) is 1. The molecule has 2 heteroatoms. The van der Waals surface area contributed by atoms with Crippen LogP contribution in [-0.2, 0) is 5.54 Å². The van der Waals surface area contributed by atoms with Gasteiger partial charge in [0.25, 0.3) is 0 Å². The number of aromatic hydroxyl groups is 1. The Balaban J connectivity index is 1.98. The van der Waals surface area contributed by atoms with Crippen molar-refractivity contribution in [1.82, 2.24) is 4.90 Å². The Bertz CT molecular complexity index is 346. The minimum absolute atomic E-state index is 0.341. The second-order valence-corrected chi connectivity index (χ2v) is 4.42. The lowest BCUT2D eigenvalue weighted by molar-refractivity contribution is 0.0242. The number of phenolic OH excluding ortho intramolecular Hbond substituents is 1. The standard InChI is InChI=1S/C12H15NO/c14-11-4-2-10(3-5-11)12-6-1-8-13(12)9-7-12/h2-5,14H,1,6-9H2. The second kappa shape index (κ2) is 2.74.